The zero-order valence-corrected chi connectivity index (χ0v) is 14.7. The lowest BCUT2D eigenvalue weighted by atomic mass is 9.88. The van der Waals surface area contributed by atoms with Gasteiger partial charge >= 0.3 is 0 Å². The first-order valence-electron chi connectivity index (χ1n) is 8.29. The van der Waals surface area contributed by atoms with Crippen molar-refractivity contribution in [1.29, 1.82) is 0 Å². The smallest absolute Gasteiger partial charge is 0.219 e. The maximum Gasteiger partial charge on any atom is 0.219 e. The highest BCUT2D eigenvalue weighted by Crippen LogP contribution is 2.31. The first-order valence-corrected chi connectivity index (χ1v) is 8.29. The van der Waals surface area contributed by atoms with E-state index in [9.17, 15) is 5.11 Å². The molecular weight excluding hydrogens is 314 g/mol. The summed E-state index contributed by atoms with van der Waals surface area (Å²) in [6.07, 6.45) is 1.58. The Balaban J connectivity index is 1.90. The third-order valence-electron chi connectivity index (χ3n) is 4.05. The summed E-state index contributed by atoms with van der Waals surface area (Å²) in [6.45, 7) is 5.89. The fourth-order valence-electron chi connectivity index (χ4n) is 2.56. The van der Waals surface area contributed by atoms with Gasteiger partial charge in [0, 0.05) is 0 Å². The number of rotatable bonds is 5. The average molecular weight is 337 g/mol. The van der Waals surface area contributed by atoms with Gasteiger partial charge < -0.3 is 9.84 Å². The number of aromatic nitrogens is 3. The van der Waals surface area contributed by atoms with Crippen molar-refractivity contribution in [3.05, 3.63) is 67.3 Å². The Kier molecular flexibility index (Phi) is 4.86. The van der Waals surface area contributed by atoms with E-state index < -0.39 is 12.3 Å². The molecule has 0 aliphatic rings. The number of ether oxygens (including phenoxy) is 1. The Morgan fingerprint density at radius 1 is 1.00 bits per heavy atom. The predicted molar refractivity (Wildman–Crippen MR) is 97.0 cm³/mol. The minimum absolute atomic E-state index is 0.367. The molecule has 5 heteroatoms. The van der Waals surface area contributed by atoms with Crippen LogP contribution in [0.1, 0.15) is 27.0 Å². The van der Waals surface area contributed by atoms with Crippen molar-refractivity contribution in [2.24, 2.45) is 5.41 Å². The lowest BCUT2D eigenvalue weighted by molar-refractivity contribution is -0.0730. The van der Waals surface area contributed by atoms with Gasteiger partial charge in [0.15, 0.2) is 0 Å². The molecule has 0 saturated carbocycles. The molecule has 25 heavy (non-hydrogen) atoms. The maximum absolute atomic E-state index is 10.8. The van der Waals surface area contributed by atoms with Gasteiger partial charge in [-0.15, -0.1) is 0 Å². The molecule has 2 atom stereocenters. The lowest BCUT2D eigenvalue weighted by Crippen LogP contribution is -2.38. The van der Waals surface area contributed by atoms with Crippen molar-refractivity contribution in [2.45, 2.75) is 33.1 Å². The van der Waals surface area contributed by atoms with Crippen LogP contribution in [0.3, 0.4) is 0 Å². The molecule has 1 aromatic heterocycles. The van der Waals surface area contributed by atoms with Gasteiger partial charge in [-0.1, -0.05) is 63.2 Å². The summed E-state index contributed by atoms with van der Waals surface area (Å²) >= 11 is 0. The van der Waals surface area contributed by atoms with Crippen LogP contribution in [0, 0.1) is 5.41 Å². The monoisotopic (exact) mass is 337 g/mol. The molecule has 0 radical (unpaired) electrons. The van der Waals surface area contributed by atoms with Crippen LogP contribution >= 0.6 is 0 Å². The molecule has 0 aliphatic carbocycles. The molecule has 0 fully saturated rings. The van der Waals surface area contributed by atoms with Crippen molar-refractivity contribution in [3.8, 4) is 16.9 Å². The van der Waals surface area contributed by atoms with Gasteiger partial charge in [-0.3, -0.25) is 0 Å². The molecule has 2 aromatic carbocycles. The number of hydrogen-bond donors (Lipinski definition) is 1. The van der Waals surface area contributed by atoms with Gasteiger partial charge in [-0.25, -0.2) is 9.67 Å². The molecule has 1 heterocycles. The summed E-state index contributed by atoms with van der Waals surface area (Å²) < 4.78 is 7.67. The first-order chi connectivity index (χ1) is 11.9. The Bertz CT molecular complexity index is 795. The maximum atomic E-state index is 10.8. The summed E-state index contributed by atoms with van der Waals surface area (Å²) in [5, 5.41) is 14.9. The van der Waals surface area contributed by atoms with Crippen LogP contribution in [0.2, 0.25) is 0 Å². The van der Waals surface area contributed by atoms with Gasteiger partial charge in [0.25, 0.3) is 0 Å². The summed E-state index contributed by atoms with van der Waals surface area (Å²) in [4.78, 5) is 3.98. The fraction of sp³-hybridized carbons (Fsp3) is 0.300. The third-order valence-corrected chi connectivity index (χ3v) is 4.05. The molecule has 1 N–H and O–H groups in total. The SMILES string of the molecule is CC(C)(C)C(O)C(Oc1cccc(-c2ccccc2)c1)n1cncn1. The van der Waals surface area contributed by atoms with E-state index in [0.717, 1.165) is 11.1 Å². The van der Waals surface area contributed by atoms with E-state index in [1.807, 2.05) is 63.2 Å². The minimum Gasteiger partial charge on any atom is -0.466 e. The summed E-state index contributed by atoms with van der Waals surface area (Å²) in [5.41, 5.74) is 1.80. The van der Waals surface area contributed by atoms with Gasteiger partial charge in [-0.2, -0.15) is 5.10 Å². The molecule has 0 amide bonds. The summed E-state index contributed by atoms with van der Waals surface area (Å²) in [6, 6.07) is 17.9. The zero-order valence-electron chi connectivity index (χ0n) is 14.7. The molecule has 0 saturated heterocycles. The largest absolute Gasteiger partial charge is 0.466 e. The van der Waals surface area contributed by atoms with Crippen LogP contribution in [0.5, 0.6) is 5.75 Å². The van der Waals surface area contributed by atoms with E-state index in [-0.39, 0.29) is 5.41 Å². The predicted octanol–water partition coefficient (Wildman–Crippen LogP) is 3.93. The molecular formula is C20H23N3O2. The van der Waals surface area contributed by atoms with E-state index in [1.165, 1.54) is 6.33 Å². The standard InChI is InChI=1S/C20H23N3O2/c1-20(2,3)18(24)19(23-14-21-13-22-23)25-17-11-7-10-16(12-17)15-8-5-4-6-9-15/h4-14,18-19,24H,1-3H3. The molecule has 130 valence electrons. The lowest BCUT2D eigenvalue weighted by Gasteiger charge is -2.32. The number of benzene rings is 2. The Hall–Kier alpha value is -2.66. The highest BCUT2D eigenvalue weighted by molar-refractivity contribution is 5.64. The summed E-state index contributed by atoms with van der Waals surface area (Å²) in [7, 11) is 0. The van der Waals surface area contributed by atoms with Crippen LogP contribution in [0.4, 0.5) is 0 Å². The van der Waals surface area contributed by atoms with Gasteiger partial charge in [0.1, 0.15) is 24.5 Å². The highest BCUT2D eigenvalue weighted by atomic mass is 16.5. The zero-order chi connectivity index (χ0) is 17.9. The molecule has 3 rings (SSSR count). The second kappa shape index (κ2) is 7.07. The molecule has 0 bridgehead atoms. The highest BCUT2D eigenvalue weighted by Gasteiger charge is 2.34. The van der Waals surface area contributed by atoms with Crippen LogP contribution in [0.25, 0.3) is 11.1 Å². The molecule has 2 unspecified atom stereocenters. The van der Waals surface area contributed by atoms with Crippen molar-refractivity contribution >= 4 is 0 Å². The van der Waals surface area contributed by atoms with E-state index in [2.05, 4.69) is 22.2 Å². The molecule has 0 spiro atoms. The van der Waals surface area contributed by atoms with Gasteiger partial charge in [0.2, 0.25) is 6.23 Å². The van der Waals surface area contributed by atoms with Crippen molar-refractivity contribution in [3.63, 3.8) is 0 Å². The second-order valence-corrected chi connectivity index (χ2v) is 7.09. The number of nitrogens with zero attached hydrogens (tertiary/aromatic N) is 3. The Labute approximate surface area is 147 Å². The van der Waals surface area contributed by atoms with Crippen LogP contribution < -0.4 is 4.74 Å². The van der Waals surface area contributed by atoms with Crippen LogP contribution in [-0.2, 0) is 0 Å². The second-order valence-electron chi connectivity index (χ2n) is 7.09. The quantitative estimate of drug-likeness (QED) is 0.766. The van der Waals surface area contributed by atoms with E-state index in [4.69, 9.17) is 4.74 Å². The van der Waals surface area contributed by atoms with Crippen molar-refractivity contribution in [2.75, 3.05) is 0 Å². The minimum atomic E-state index is -0.755. The number of hydrogen-bond acceptors (Lipinski definition) is 4. The third kappa shape index (κ3) is 4.06. The average Bonchev–Trinajstić information content (AvgIpc) is 3.14. The van der Waals surface area contributed by atoms with Crippen LogP contribution in [-0.4, -0.2) is 26.0 Å². The van der Waals surface area contributed by atoms with Crippen molar-refractivity contribution < 1.29 is 9.84 Å². The van der Waals surface area contributed by atoms with Crippen molar-refractivity contribution in [1.82, 2.24) is 14.8 Å². The molecule has 5 nitrogen and oxygen atoms in total. The van der Waals surface area contributed by atoms with E-state index in [1.54, 1.807) is 11.0 Å². The van der Waals surface area contributed by atoms with E-state index >= 15 is 0 Å². The Morgan fingerprint density at radius 2 is 1.72 bits per heavy atom. The number of aliphatic hydroxyl groups is 1. The number of aliphatic hydroxyl groups excluding tert-OH is 1. The normalized spacial score (nSPS) is 14.1. The Morgan fingerprint density at radius 3 is 2.36 bits per heavy atom. The van der Waals surface area contributed by atoms with E-state index in [0.29, 0.717) is 5.75 Å². The fourth-order valence-corrected chi connectivity index (χ4v) is 2.56. The van der Waals surface area contributed by atoms with Gasteiger partial charge in [0.05, 0.1) is 0 Å². The van der Waals surface area contributed by atoms with Gasteiger partial charge in [-0.05, 0) is 28.7 Å². The first kappa shape index (κ1) is 17.2. The topological polar surface area (TPSA) is 60.2 Å². The van der Waals surface area contributed by atoms with Crippen LogP contribution in [0.15, 0.2) is 67.3 Å². The molecule has 3 aromatic rings. The summed E-state index contributed by atoms with van der Waals surface area (Å²) in [5.74, 6) is 0.671. The molecule has 0 aliphatic heterocycles.